The van der Waals surface area contributed by atoms with E-state index in [9.17, 15) is 0 Å². The minimum absolute atomic E-state index is 0.516. The molecule has 3 heteroatoms. The Morgan fingerprint density at radius 1 is 1.43 bits per heavy atom. The van der Waals surface area contributed by atoms with Gasteiger partial charge in [-0.15, -0.1) is 0 Å². The molecular weight excluding hydrogens is 260 g/mol. The monoisotopic (exact) mass is 290 g/mol. The van der Waals surface area contributed by atoms with E-state index in [0.29, 0.717) is 12.6 Å². The van der Waals surface area contributed by atoms with E-state index in [2.05, 4.69) is 48.3 Å². The summed E-state index contributed by atoms with van der Waals surface area (Å²) in [6.07, 6.45) is 3.93. The number of benzene rings is 1. The second-order valence-electron chi connectivity index (χ2n) is 6.27. The first-order valence-electron chi connectivity index (χ1n) is 8.29. The first-order chi connectivity index (χ1) is 10.2. The maximum atomic E-state index is 5.21. The lowest BCUT2D eigenvalue weighted by Crippen LogP contribution is -2.42. The third-order valence-corrected chi connectivity index (χ3v) is 4.42. The zero-order valence-electron chi connectivity index (χ0n) is 13.8. The molecule has 1 aromatic rings. The van der Waals surface area contributed by atoms with Gasteiger partial charge >= 0.3 is 0 Å². The van der Waals surface area contributed by atoms with E-state index in [-0.39, 0.29) is 0 Å². The van der Waals surface area contributed by atoms with Crippen LogP contribution in [0.15, 0.2) is 24.3 Å². The summed E-state index contributed by atoms with van der Waals surface area (Å²) in [5, 5.41) is 3.69. The third-order valence-electron chi connectivity index (χ3n) is 4.42. The highest BCUT2D eigenvalue weighted by atomic mass is 16.5. The molecule has 0 aromatic heterocycles. The number of rotatable bonds is 7. The summed E-state index contributed by atoms with van der Waals surface area (Å²) in [6, 6.07) is 9.09. The van der Waals surface area contributed by atoms with Crippen molar-refractivity contribution in [3.63, 3.8) is 0 Å². The van der Waals surface area contributed by atoms with Crippen LogP contribution in [0.2, 0.25) is 0 Å². The van der Waals surface area contributed by atoms with Crippen molar-refractivity contribution in [1.29, 1.82) is 0 Å². The van der Waals surface area contributed by atoms with Crippen molar-refractivity contribution < 1.29 is 4.74 Å². The molecule has 0 aliphatic carbocycles. The topological polar surface area (TPSA) is 24.5 Å². The molecule has 0 radical (unpaired) electrons. The molecule has 21 heavy (non-hydrogen) atoms. The fourth-order valence-corrected chi connectivity index (χ4v) is 3.32. The molecule has 2 atom stereocenters. The van der Waals surface area contributed by atoms with Gasteiger partial charge in [-0.25, -0.2) is 0 Å². The van der Waals surface area contributed by atoms with E-state index in [1.54, 1.807) is 7.11 Å². The van der Waals surface area contributed by atoms with Crippen molar-refractivity contribution in [2.45, 2.75) is 45.8 Å². The minimum atomic E-state index is 0.516. The molecule has 0 spiro atoms. The van der Waals surface area contributed by atoms with Gasteiger partial charge in [0.25, 0.3) is 0 Å². The predicted octanol–water partition coefficient (Wildman–Crippen LogP) is 3.76. The molecule has 2 rings (SSSR count). The van der Waals surface area contributed by atoms with Gasteiger partial charge < -0.3 is 15.0 Å². The van der Waals surface area contributed by atoms with Gasteiger partial charge in [-0.2, -0.15) is 0 Å². The minimum Gasteiger partial charge on any atom is -0.382 e. The van der Waals surface area contributed by atoms with Crippen LogP contribution >= 0.6 is 0 Å². The van der Waals surface area contributed by atoms with Crippen molar-refractivity contribution >= 4 is 5.69 Å². The van der Waals surface area contributed by atoms with E-state index in [4.69, 9.17) is 4.74 Å². The van der Waals surface area contributed by atoms with Gasteiger partial charge in [0.15, 0.2) is 0 Å². The summed E-state index contributed by atoms with van der Waals surface area (Å²) in [6.45, 7) is 9.03. The Kier molecular flexibility index (Phi) is 6.52. The Morgan fingerprint density at radius 2 is 2.29 bits per heavy atom. The van der Waals surface area contributed by atoms with Gasteiger partial charge in [0, 0.05) is 25.4 Å². The molecule has 1 fully saturated rings. The van der Waals surface area contributed by atoms with E-state index < -0.39 is 0 Å². The summed E-state index contributed by atoms with van der Waals surface area (Å²) < 4.78 is 5.21. The van der Waals surface area contributed by atoms with Crippen LogP contribution in [0.1, 0.15) is 38.7 Å². The number of ether oxygens (including phenoxy) is 1. The summed E-state index contributed by atoms with van der Waals surface area (Å²) in [5.41, 5.74) is 2.44. The van der Waals surface area contributed by atoms with Crippen LogP contribution in [0.3, 0.4) is 0 Å². The highest BCUT2D eigenvalue weighted by Crippen LogP contribution is 2.23. The lowest BCUT2D eigenvalue weighted by Gasteiger charge is -2.36. The number of methoxy groups -OCH3 is 1. The fraction of sp³-hybridized carbons (Fsp3) is 0.667. The molecule has 1 heterocycles. The van der Waals surface area contributed by atoms with Crippen LogP contribution in [0.25, 0.3) is 0 Å². The van der Waals surface area contributed by atoms with Gasteiger partial charge in [-0.05, 0) is 62.9 Å². The van der Waals surface area contributed by atoms with Gasteiger partial charge in [-0.3, -0.25) is 0 Å². The van der Waals surface area contributed by atoms with Crippen LogP contribution in [0, 0.1) is 5.92 Å². The average molecular weight is 290 g/mol. The van der Waals surface area contributed by atoms with Gasteiger partial charge in [0.1, 0.15) is 0 Å². The first kappa shape index (κ1) is 16.3. The summed E-state index contributed by atoms with van der Waals surface area (Å²) in [5.74, 6) is 0.747. The van der Waals surface area contributed by atoms with Crippen LogP contribution in [0.5, 0.6) is 0 Å². The number of anilines is 1. The molecule has 1 saturated heterocycles. The predicted molar refractivity (Wildman–Crippen MR) is 89.7 cm³/mol. The number of piperidine rings is 1. The molecule has 0 amide bonds. The molecule has 0 bridgehead atoms. The lowest BCUT2D eigenvalue weighted by atomic mass is 9.91. The number of nitrogens with one attached hydrogen (secondary N) is 1. The van der Waals surface area contributed by atoms with Gasteiger partial charge in [0.2, 0.25) is 0 Å². The summed E-state index contributed by atoms with van der Waals surface area (Å²) in [4.78, 5) is 2.62. The highest BCUT2D eigenvalue weighted by molar-refractivity contribution is 5.46. The van der Waals surface area contributed by atoms with Crippen molar-refractivity contribution in [2.75, 3.05) is 32.1 Å². The molecule has 1 aromatic carbocycles. The Balaban J connectivity index is 1.91. The lowest BCUT2D eigenvalue weighted by molar-refractivity contribution is 0.165. The number of hydrogen-bond donors (Lipinski definition) is 1. The molecule has 1 aliphatic heterocycles. The second-order valence-corrected chi connectivity index (χ2v) is 6.27. The highest BCUT2D eigenvalue weighted by Gasteiger charge is 2.24. The first-order valence-corrected chi connectivity index (χ1v) is 8.29. The van der Waals surface area contributed by atoms with Crippen molar-refractivity contribution in [3.8, 4) is 0 Å². The Morgan fingerprint density at radius 3 is 3.05 bits per heavy atom. The van der Waals surface area contributed by atoms with Crippen LogP contribution in [-0.4, -0.2) is 37.7 Å². The number of likely N-dealkylation sites (tertiary alicyclic amines) is 1. The van der Waals surface area contributed by atoms with Crippen molar-refractivity contribution in [2.24, 2.45) is 5.92 Å². The van der Waals surface area contributed by atoms with E-state index in [0.717, 1.165) is 5.92 Å². The van der Waals surface area contributed by atoms with Crippen molar-refractivity contribution in [1.82, 2.24) is 4.90 Å². The van der Waals surface area contributed by atoms with Crippen LogP contribution < -0.4 is 5.32 Å². The Bertz CT molecular complexity index is 419. The largest absolute Gasteiger partial charge is 0.382 e. The maximum Gasteiger partial charge on any atom is 0.0713 e. The SMILES string of the molecule is CCCN1CCCC(C(C)Nc2cccc(COC)c2)C1. The molecule has 1 aliphatic rings. The summed E-state index contributed by atoms with van der Waals surface area (Å²) in [7, 11) is 1.74. The smallest absolute Gasteiger partial charge is 0.0713 e. The summed E-state index contributed by atoms with van der Waals surface area (Å²) >= 11 is 0. The molecule has 118 valence electrons. The zero-order valence-corrected chi connectivity index (χ0v) is 13.8. The van der Waals surface area contributed by atoms with E-state index >= 15 is 0 Å². The molecule has 2 unspecified atom stereocenters. The van der Waals surface area contributed by atoms with Gasteiger partial charge in [-0.1, -0.05) is 19.1 Å². The normalized spacial score (nSPS) is 21.2. The standard InChI is InChI=1S/C18H30N2O/c1-4-10-20-11-6-8-17(13-20)15(2)19-18-9-5-7-16(12-18)14-21-3/h5,7,9,12,15,17,19H,4,6,8,10-11,13-14H2,1-3H3. The maximum absolute atomic E-state index is 5.21. The average Bonchev–Trinajstić information content (AvgIpc) is 2.48. The van der Waals surface area contributed by atoms with Crippen LogP contribution in [0.4, 0.5) is 5.69 Å². The number of nitrogens with zero attached hydrogens (tertiary/aromatic N) is 1. The Labute approximate surface area is 129 Å². The molecule has 0 saturated carbocycles. The van der Waals surface area contributed by atoms with Gasteiger partial charge in [0.05, 0.1) is 6.61 Å². The fourth-order valence-electron chi connectivity index (χ4n) is 3.32. The van der Waals surface area contributed by atoms with Crippen molar-refractivity contribution in [3.05, 3.63) is 29.8 Å². The third kappa shape index (κ3) is 5.01. The quantitative estimate of drug-likeness (QED) is 0.827. The molecule has 1 N–H and O–H groups in total. The van der Waals surface area contributed by atoms with E-state index in [1.165, 1.54) is 50.1 Å². The Hall–Kier alpha value is -1.06. The molecular formula is C18H30N2O. The molecule has 3 nitrogen and oxygen atoms in total. The second kappa shape index (κ2) is 8.40. The van der Waals surface area contributed by atoms with E-state index in [1.807, 2.05) is 0 Å². The number of hydrogen-bond acceptors (Lipinski definition) is 3. The zero-order chi connectivity index (χ0) is 15.1. The van der Waals surface area contributed by atoms with Crippen LogP contribution in [-0.2, 0) is 11.3 Å².